The van der Waals surface area contributed by atoms with Crippen LogP contribution in [0, 0.1) is 19.7 Å². The van der Waals surface area contributed by atoms with E-state index in [4.69, 9.17) is 16.3 Å². The van der Waals surface area contributed by atoms with E-state index in [0.29, 0.717) is 10.8 Å². The maximum Gasteiger partial charge on any atom is 0.138 e. The average Bonchev–Trinajstić information content (AvgIpc) is 2.74. The fourth-order valence-corrected chi connectivity index (χ4v) is 2.52. The highest BCUT2D eigenvalue weighted by Crippen LogP contribution is 2.30. The molecule has 0 fully saturated rings. The number of benzene rings is 2. The van der Waals surface area contributed by atoms with Gasteiger partial charge in [-0.2, -0.15) is 0 Å². The van der Waals surface area contributed by atoms with Gasteiger partial charge in [0.25, 0.3) is 0 Å². The zero-order chi connectivity index (χ0) is 21.8. The third-order valence-electron chi connectivity index (χ3n) is 3.81. The Kier molecular flexibility index (Phi) is 10.7. The fraction of sp³-hybridized carbons (Fsp3) is 0.304. The fourth-order valence-electron chi connectivity index (χ4n) is 2.28. The summed E-state index contributed by atoms with van der Waals surface area (Å²) in [5.74, 6) is 0.978. The number of hydrogen-bond acceptors (Lipinski definition) is 4. The number of halogens is 2. The van der Waals surface area contributed by atoms with Gasteiger partial charge in [0, 0.05) is 16.9 Å². The summed E-state index contributed by atoms with van der Waals surface area (Å²) in [5.41, 5.74) is 3.43. The lowest BCUT2D eigenvalue weighted by molar-refractivity contribution is 0.306. The minimum atomic E-state index is -0.290. The van der Waals surface area contributed by atoms with Crippen molar-refractivity contribution in [3.63, 3.8) is 0 Å². The number of nitrogens with one attached hydrogen (secondary N) is 1. The van der Waals surface area contributed by atoms with Crippen molar-refractivity contribution < 1.29 is 9.13 Å². The molecular formula is C23H29ClFN3O. The van der Waals surface area contributed by atoms with Crippen molar-refractivity contribution in [1.29, 1.82) is 0 Å². The molecule has 4 nitrogen and oxygen atoms in total. The van der Waals surface area contributed by atoms with Gasteiger partial charge in [-0.05, 0) is 49.7 Å². The molecule has 0 aliphatic rings. The SMILES string of the molecule is CC.CC.Cc1ncnc(Nc2ccc(OCc3cccc(F)c3)c(Cl)c2)c1C. The minimum Gasteiger partial charge on any atom is -0.487 e. The molecule has 0 saturated heterocycles. The third kappa shape index (κ3) is 7.35. The molecule has 156 valence electrons. The number of ether oxygens (including phenoxy) is 1. The number of anilines is 2. The van der Waals surface area contributed by atoms with Crippen LogP contribution in [0.25, 0.3) is 0 Å². The van der Waals surface area contributed by atoms with Crippen LogP contribution in [0.4, 0.5) is 15.9 Å². The molecule has 1 aromatic heterocycles. The van der Waals surface area contributed by atoms with Gasteiger partial charge in [0.15, 0.2) is 0 Å². The Morgan fingerprint density at radius 2 is 1.72 bits per heavy atom. The first-order valence-electron chi connectivity index (χ1n) is 9.75. The topological polar surface area (TPSA) is 47.0 Å². The Morgan fingerprint density at radius 1 is 1.00 bits per heavy atom. The Balaban J connectivity index is 0.000000989. The molecule has 0 saturated carbocycles. The van der Waals surface area contributed by atoms with E-state index >= 15 is 0 Å². The van der Waals surface area contributed by atoms with Crippen LogP contribution in [0.2, 0.25) is 5.02 Å². The first-order chi connectivity index (χ1) is 14.0. The zero-order valence-corrected chi connectivity index (χ0v) is 18.6. The second-order valence-electron chi connectivity index (χ2n) is 5.62. The number of nitrogens with zero attached hydrogens (tertiary/aromatic N) is 2. The summed E-state index contributed by atoms with van der Waals surface area (Å²) in [7, 11) is 0. The second kappa shape index (κ2) is 12.7. The van der Waals surface area contributed by atoms with Crippen molar-refractivity contribution in [3.05, 3.63) is 76.5 Å². The molecule has 3 rings (SSSR count). The molecule has 0 unspecified atom stereocenters. The van der Waals surface area contributed by atoms with Gasteiger partial charge in [0.1, 0.15) is 30.3 Å². The smallest absolute Gasteiger partial charge is 0.138 e. The zero-order valence-electron chi connectivity index (χ0n) is 17.9. The molecule has 3 aromatic rings. The van der Waals surface area contributed by atoms with Crippen LogP contribution in [-0.2, 0) is 6.61 Å². The van der Waals surface area contributed by atoms with Crippen molar-refractivity contribution in [1.82, 2.24) is 9.97 Å². The van der Waals surface area contributed by atoms with Gasteiger partial charge in [-0.15, -0.1) is 0 Å². The lowest BCUT2D eigenvalue weighted by Gasteiger charge is -2.12. The highest BCUT2D eigenvalue weighted by atomic mass is 35.5. The lowest BCUT2D eigenvalue weighted by Crippen LogP contribution is -2.00. The van der Waals surface area contributed by atoms with Gasteiger partial charge in [0.2, 0.25) is 0 Å². The van der Waals surface area contributed by atoms with E-state index in [1.54, 1.807) is 24.3 Å². The van der Waals surface area contributed by atoms with Crippen LogP contribution in [0.1, 0.15) is 44.5 Å². The molecule has 29 heavy (non-hydrogen) atoms. The summed E-state index contributed by atoms with van der Waals surface area (Å²) < 4.78 is 18.9. The molecule has 0 amide bonds. The van der Waals surface area contributed by atoms with E-state index in [0.717, 1.165) is 28.3 Å². The van der Waals surface area contributed by atoms with Gasteiger partial charge in [-0.3, -0.25) is 0 Å². The largest absolute Gasteiger partial charge is 0.487 e. The van der Waals surface area contributed by atoms with Crippen LogP contribution < -0.4 is 10.1 Å². The van der Waals surface area contributed by atoms with E-state index < -0.39 is 0 Å². The van der Waals surface area contributed by atoms with Crippen LogP contribution in [-0.4, -0.2) is 9.97 Å². The molecule has 6 heteroatoms. The Hall–Kier alpha value is -2.66. The first-order valence-corrected chi connectivity index (χ1v) is 10.1. The average molecular weight is 418 g/mol. The highest BCUT2D eigenvalue weighted by Gasteiger charge is 2.07. The van der Waals surface area contributed by atoms with Crippen molar-refractivity contribution in [2.75, 3.05) is 5.32 Å². The number of aromatic nitrogens is 2. The van der Waals surface area contributed by atoms with Crippen LogP contribution in [0.5, 0.6) is 5.75 Å². The molecule has 0 radical (unpaired) electrons. The molecular weight excluding hydrogens is 389 g/mol. The maximum atomic E-state index is 13.2. The molecule has 0 aliphatic heterocycles. The third-order valence-corrected chi connectivity index (χ3v) is 4.11. The predicted molar refractivity (Wildman–Crippen MR) is 120 cm³/mol. The van der Waals surface area contributed by atoms with Crippen molar-refractivity contribution in [2.45, 2.75) is 48.1 Å². The maximum absolute atomic E-state index is 13.2. The van der Waals surface area contributed by atoms with Crippen LogP contribution in [0.15, 0.2) is 48.8 Å². The molecule has 1 N–H and O–H groups in total. The van der Waals surface area contributed by atoms with E-state index in [-0.39, 0.29) is 12.4 Å². The van der Waals surface area contributed by atoms with Crippen molar-refractivity contribution in [2.24, 2.45) is 0 Å². The monoisotopic (exact) mass is 417 g/mol. The molecule has 0 atom stereocenters. The van der Waals surface area contributed by atoms with Gasteiger partial charge in [-0.25, -0.2) is 14.4 Å². The van der Waals surface area contributed by atoms with Crippen LogP contribution in [0.3, 0.4) is 0 Å². The summed E-state index contributed by atoms with van der Waals surface area (Å²) in [5, 5.41) is 3.68. The summed E-state index contributed by atoms with van der Waals surface area (Å²) in [6.45, 7) is 12.1. The molecule has 2 aromatic carbocycles. The van der Waals surface area contributed by atoms with Gasteiger partial charge in [0.05, 0.1) is 5.02 Å². The predicted octanol–water partition coefficient (Wildman–Crippen LogP) is 7.26. The summed E-state index contributed by atoms with van der Waals surface area (Å²) in [6, 6.07) is 11.7. The van der Waals surface area contributed by atoms with Gasteiger partial charge in [-0.1, -0.05) is 51.4 Å². The molecule has 0 spiro atoms. The first kappa shape index (κ1) is 24.4. The Labute approximate surface area is 178 Å². The summed E-state index contributed by atoms with van der Waals surface area (Å²) in [6.07, 6.45) is 1.52. The Bertz CT molecular complexity index is 903. The van der Waals surface area contributed by atoms with Crippen molar-refractivity contribution >= 4 is 23.1 Å². The number of aryl methyl sites for hydroxylation is 1. The summed E-state index contributed by atoms with van der Waals surface area (Å²) in [4.78, 5) is 8.39. The van der Waals surface area contributed by atoms with E-state index in [9.17, 15) is 4.39 Å². The van der Waals surface area contributed by atoms with Crippen molar-refractivity contribution in [3.8, 4) is 5.75 Å². The minimum absolute atomic E-state index is 0.245. The Morgan fingerprint density at radius 3 is 2.38 bits per heavy atom. The van der Waals surface area contributed by atoms with Gasteiger partial charge >= 0.3 is 0 Å². The normalized spacial score (nSPS) is 9.52. The molecule has 0 aliphatic carbocycles. The van der Waals surface area contributed by atoms with E-state index in [2.05, 4.69) is 15.3 Å². The van der Waals surface area contributed by atoms with Gasteiger partial charge < -0.3 is 10.1 Å². The molecule has 1 heterocycles. The lowest BCUT2D eigenvalue weighted by atomic mass is 10.2. The number of rotatable bonds is 5. The quantitative estimate of drug-likeness (QED) is 0.474. The van der Waals surface area contributed by atoms with E-state index in [1.165, 1.54) is 18.5 Å². The molecule has 0 bridgehead atoms. The highest BCUT2D eigenvalue weighted by molar-refractivity contribution is 6.32. The summed E-state index contributed by atoms with van der Waals surface area (Å²) >= 11 is 6.29. The van der Waals surface area contributed by atoms with Crippen LogP contribution >= 0.6 is 11.6 Å². The standard InChI is InChI=1S/C19H17ClFN3O.2C2H6/c1-12-13(2)22-11-23-19(12)24-16-6-7-18(17(20)9-16)25-10-14-4-3-5-15(21)8-14;2*1-2/h3-9,11H,10H2,1-2H3,(H,22,23,24);2*1-2H3. The number of hydrogen-bond donors (Lipinski definition) is 1. The second-order valence-corrected chi connectivity index (χ2v) is 6.03. The van der Waals surface area contributed by atoms with E-state index in [1.807, 2.05) is 47.6 Å².